The van der Waals surface area contributed by atoms with E-state index in [0.717, 1.165) is 0 Å². The second-order valence-electron chi connectivity index (χ2n) is 9.62. The molecule has 0 heterocycles. The Morgan fingerprint density at radius 1 is 0.900 bits per heavy atom. The quantitative estimate of drug-likeness (QED) is 0.494. The Bertz CT molecular complexity index is 316. The zero-order chi connectivity index (χ0) is 16.0. The molecule has 0 N–H and O–H groups in total. The van der Waals surface area contributed by atoms with Gasteiger partial charge in [0.1, 0.15) is 6.10 Å². The first kappa shape index (κ1) is 18.0. The van der Waals surface area contributed by atoms with Gasteiger partial charge >= 0.3 is 0 Å². The molecular weight excluding hydrogens is 248 g/mol. The fourth-order valence-electron chi connectivity index (χ4n) is 5.23. The highest BCUT2D eigenvalue weighted by Gasteiger charge is 2.63. The van der Waals surface area contributed by atoms with Gasteiger partial charge in [-0.15, -0.1) is 0 Å². The Labute approximate surface area is 126 Å². The fraction of sp³-hybridized carbons (Fsp3) is 1.00. The third kappa shape index (κ3) is 2.78. The first-order valence-corrected chi connectivity index (χ1v) is 7.99. The average Bonchev–Trinajstić information content (AvgIpc) is 2.17. The van der Waals surface area contributed by atoms with Crippen LogP contribution in [0.25, 0.3) is 0 Å². The minimum atomic E-state index is 0.0805. The molecule has 0 bridgehead atoms. The molecule has 0 radical (unpaired) electrons. The summed E-state index contributed by atoms with van der Waals surface area (Å²) in [5, 5.41) is 0. The van der Waals surface area contributed by atoms with E-state index in [0.29, 0.717) is 5.92 Å². The smallest absolute Gasteiger partial charge is 0.105 e. The number of rotatable bonds is 2. The molecule has 1 saturated carbocycles. The highest BCUT2D eigenvalue weighted by molar-refractivity contribution is 5.10. The van der Waals surface area contributed by atoms with Crippen LogP contribution in [0, 0.1) is 27.6 Å². The van der Waals surface area contributed by atoms with Gasteiger partial charge in [-0.1, -0.05) is 62.3 Å². The van der Waals surface area contributed by atoms with Gasteiger partial charge in [-0.25, -0.2) is 9.78 Å². The molecule has 0 aromatic carbocycles. The molecule has 1 aliphatic rings. The van der Waals surface area contributed by atoms with Crippen molar-refractivity contribution in [1.29, 1.82) is 0 Å². The fourth-order valence-corrected chi connectivity index (χ4v) is 5.23. The van der Waals surface area contributed by atoms with E-state index in [-0.39, 0.29) is 27.8 Å². The summed E-state index contributed by atoms with van der Waals surface area (Å²) in [5.74, 6) is 0.708. The van der Waals surface area contributed by atoms with Gasteiger partial charge in [0, 0.05) is 5.41 Å². The third-order valence-electron chi connectivity index (χ3n) is 5.57. The molecule has 0 aromatic rings. The lowest BCUT2D eigenvalue weighted by Gasteiger charge is -2.64. The number of hydrogen-bond acceptors (Lipinski definition) is 2. The lowest BCUT2D eigenvalue weighted by molar-refractivity contribution is -0.381. The van der Waals surface area contributed by atoms with Crippen LogP contribution in [-0.2, 0) is 9.78 Å². The molecular formula is C18H36O2. The lowest BCUT2D eigenvalue weighted by Crippen LogP contribution is -2.63. The lowest BCUT2D eigenvalue weighted by atomic mass is 9.42. The topological polar surface area (TPSA) is 18.5 Å². The van der Waals surface area contributed by atoms with Crippen LogP contribution in [0.5, 0.6) is 0 Å². The average molecular weight is 284 g/mol. The maximum Gasteiger partial charge on any atom is 0.105 e. The van der Waals surface area contributed by atoms with Crippen LogP contribution in [0.15, 0.2) is 0 Å². The van der Waals surface area contributed by atoms with Crippen molar-refractivity contribution in [2.45, 2.75) is 81.3 Å². The van der Waals surface area contributed by atoms with Gasteiger partial charge in [0.25, 0.3) is 0 Å². The van der Waals surface area contributed by atoms with Crippen LogP contribution in [-0.4, -0.2) is 13.2 Å². The predicted octanol–water partition coefficient (Wildman–Crippen LogP) is 5.47. The molecule has 1 rings (SSSR count). The summed E-state index contributed by atoms with van der Waals surface area (Å²) in [6.07, 6.45) is 2.49. The molecule has 0 saturated heterocycles. The molecule has 0 aromatic heterocycles. The molecule has 0 aliphatic heterocycles. The molecule has 0 spiro atoms. The highest BCUT2D eigenvalue weighted by atomic mass is 17.2. The van der Waals surface area contributed by atoms with Crippen molar-refractivity contribution in [3.05, 3.63) is 0 Å². The molecule has 1 fully saturated rings. The van der Waals surface area contributed by atoms with Crippen molar-refractivity contribution in [3.8, 4) is 0 Å². The molecule has 120 valence electrons. The Balaban J connectivity index is 3.50. The Morgan fingerprint density at radius 2 is 1.35 bits per heavy atom. The van der Waals surface area contributed by atoms with Gasteiger partial charge in [-0.05, 0) is 35.0 Å². The van der Waals surface area contributed by atoms with Crippen molar-refractivity contribution in [2.24, 2.45) is 27.6 Å². The van der Waals surface area contributed by atoms with E-state index in [2.05, 4.69) is 62.3 Å². The second-order valence-corrected chi connectivity index (χ2v) is 9.62. The van der Waals surface area contributed by atoms with E-state index in [4.69, 9.17) is 9.78 Å². The van der Waals surface area contributed by atoms with Crippen molar-refractivity contribution in [1.82, 2.24) is 0 Å². The number of hydrogen-bond donors (Lipinski definition) is 0. The summed E-state index contributed by atoms with van der Waals surface area (Å²) < 4.78 is 0. The van der Waals surface area contributed by atoms with Gasteiger partial charge < -0.3 is 0 Å². The Morgan fingerprint density at radius 3 is 1.70 bits per heavy atom. The maximum atomic E-state index is 5.92. The van der Waals surface area contributed by atoms with E-state index >= 15 is 0 Å². The molecule has 2 atom stereocenters. The monoisotopic (exact) mass is 284 g/mol. The first-order valence-electron chi connectivity index (χ1n) is 7.99. The van der Waals surface area contributed by atoms with Crippen LogP contribution in [0.2, 0.25) is 0 Å². The van der Waals surface area contributed by atoms with E-state index in [1.807, 2.05) is 0 Å². The van der Waals surface area contributed by atoms with Crippen molar-refractivity contribution in [2.75, 3.05) is 7.11 Å². The van der Waals surface area contributed by atoms with E-state index in [1.54, 1.807) is 7.11 Å². The Kier molecular flexibility index (Phi) is 4.74. The SMILES string of the molecule is COOC1C(C)(C)CC(C)CC1(C(C)(C)C)C(C)(C)C. The minimum Gasteiger partial charge on any atom is -0.240 e. The van der Waals surface area contributed by atoms with Crippen molar-refractivity contribution < 1.29 is 9.78 Å². The predicted molar refractivity (Wildman–Crippen MR) is 85.4 cm³/mol. The van der Waals surface area contributed by atoms with E-state index < -0.39 is 0 Å². The maximum absolute atomic E-state index is 5.92. The van der Waals surface area contributed by atoms with Gasteiger partial charge in [0.15, 0.2) is 0 Å². The minimum absolute atomic E-state index is 0.0805. The summed E-state index contributed by atoms with van der Waals surface area (Å²) in [5.41, 5.74) is 0.506. The van der Waals surface area contributed by atoms with Crippen LogP contribution < -0.4 is 0 Å². The van der Waals surface area contributed by atoms with E-state index in [1.165, 1.54) is 12.8 Å². The zero-order valence-electron chi connectivity index (χ0n) is 15.4. The zero-order valence-corrected chi connectivity index (χ0v) is 15.4. The molecule has 2 nitrogen and oxygen atoms in total. The largest absolute Gasteiger partial charge is 0.240 e. The molecule has 0 amide bonds. The molecule has 2 unspecified atom stereocenters. The van der Waals surface area contributed by atoms with Gasteiger partial charge in [0.05, 0.1) is 7.11 Å². The molecule has 2 heteroatoms. The summed E-state index contributed by atoms with van der Waals surface area (Å²) in [7, 11) is 1.64. The van der Waals surface area contributed by atoms with Crippen molar-refractivity contribution in [3.63, 3.8) is 0 Å². The van der Waals surface area contributed by atoms with Crippen LogP contribution in [0.4, 0.5) is 0 Å². The Hall–Kier alpha value is -0.0800. The molecule has 20 heavy (non-hydrogen) atoms. The third-order valence-corrected chi connectivity index (χ3v) is 5.57. The summed E-state index contributed by atoms with van der Waals surface area (Å²) >= 11 is 0. The summed E-state index contributed by atoms with van der Waals surface area (Å²) in [6, 6.07) is 0. The van der Waals surface area contributed by atoms with Gasteiger partial charge in [-0.2, -0.15) is 0 Å². The second kappa shape index (κ2) is 5.28. The van der Waals surface area contributed by atoms with Crippen LogP contribution in [0.1, 0.15) is 75.2 Å². The van der Waals surface area contributed by atoms with Gasteiger partial charge in [0.2, 0.25) is 0 Å². The summed E-state index contributed by atoms with van der Waals surface area (Å²) in [6.45, 7) is 21.2. The van der Waals surface area contributed by atoms with Crippen molar-refractivity contribution >= 4 is 0 Å². The highest BCUT2D eigenvalue weighted by Crippen LogP contribution is 2.65. The van der Waals surface area contributed by atoms with Gasteiger partial charge in [-0.3, -0.25) is 0 Å². The standard InChI is InChI=1S/C18H36O2/c1-13-11-17(8,9)14(20-19-10)18(12-13,15(2,3)4)16(5,6)7/h13-14H,11-12H2,1-10H3. The summed E-state index contributed by atoms with van der Waals surface area (Å²) in [4.78, 5) is 11.1. The normalized spacial score (nSPS) is 30.3. The molecule has 1 aliphatic carbocycles. The first-order chi connectivity index (χ1) is 8.79. The van der Waals surface area contributed by atoms with Crippen LogP contribution >= 0.6 is 0 Å². The van der Waals surface area contributed by atoms with E-state index in [9.17, 15) is 0 Å². The van der Waals surface area contributed by atoms with Crippen LogP contribution in [0.3, 0.4) is 0 Å².